The Morgan fingerprint density at radius 1 is 1.39 bits per heavy atom. The molecule has 0 aliphatic carbocycles. The molecule has 0 fully saturated rings. The molecule has 0 N–H and O–H groups in total. The average Bonchev–Trinajstić information content (AvgIpc) is 2.59. The largest absolute Gasteiger partial charge is 0.465 e. The van der Waals surface area contributed by atoms with Crippen molar-refractivity contribution in [2.45, 2.75) is 37.1 Å². The van der Waals surface area contributed by atoms with E-state index >= 15 is 0 Å². The maximum absolute atomic E-state index is 14.4. The number of alkyl halides is 3. The van der Waals surface area contributed by atoms with E-state index in [1.54, 1.807) is 13.8 Å². The first-order valence-corrected chi connectivity index (χ1v) is 9.22. The van der Waals surface area contributed by atoms with Crippen molar-refractivity contribution in [3.63, 3.8) is 0 Å². The zero-order valence-corrected chi connectivity index (χ0v) is 16.5. The zero-order chi connectivity index (χ0) is 21.2. The number of aromatic nitrogens is 2. The molecular weight excluding hydrogens is 424 g/mol. The van der Waals surface area contributed by atoms with Crippen molar-refractivity contribution in [2.24, 2.45) is 0 Å². The molecule has 2 aromatic rings. The summed E-state index contributed by atoms with van der Waals surface area (Å²) in [5, 5.41) is 2.74. The molecule has 1 heterocycles. The molecule has 0 aliphatic heterocycles. The number of benzene rings is 1. The summed E-state index contributed by atoms with van der Waals surface area (Å²) < 4.78 is 58.5. The summed E-state index contributed by atoms with van der Waals surface area (Å²) in [5.41, 5.74) is -3.32. The Balaban J connectivity index is 2.52. The minimum absolute atomic E-state index is 0.0286. The van der Waals surface area contributed by atoms with Crippen LogP contribution in [0.3, 0.4) is 0 Å². The van der Waals surface area contributed by atoms with Crippen molar-refractivity contribution < 1.29 is 27.1 Å². The van der Waals surface area contributed by atoms with Gasteiger partial charge in [-0.25, -0.2) is 4.39 Å². The third-order valence-corrected chi connectivity index (χ3v) is 5.24. The SMILES string of the molecule is CCOC(=O)C(C)Sc1cc(-n2ncc(C(F)(F)F)c(C)c2=O)c(F)cc1Cl. The number of halogens is 5. The maximum Gasteiger partial charge on any atom is 0.418 e. The van der Waals surface area contributed by atoms with Crippen LogP contribution in [0, 0.1) is 12.7 Å². The lowest BCUT2D eigenvalue weighted by molar-refractivity contribution is -0.142. The van der Waals surface area contributed by atoms with E-state index in [0.29, 0.717) is 10.9 Å². The molecule has 1 aromatic heterocycles. The van der Waals surface area contributed by atoms with Gasteiger partial charge in [-0.05, 0) is 32.9 Å². The molecule has 28 heavy (non-hydrogen) atoms. The summed E-state index contributed by atoms with van der Waals surface area (Å²) in [6, 6.07) is 2.05. The van der Waals surface area contributed by atoms with Crippen LogP contribution in [0.1, 0.15) is 25.0 Å². The van der Waals surface area contributed by atoms with Crippen LogP contribution in [0.5, 0.6) is 0 Å². The number of nitrogens with zero attached hydrogens (tertiary/aromatic N) is 2. The quantitative estimate of drug-likeness (QED) is 0.393. The van der Waals surface area contributed by atoms with Crippen molar-refractivity contribution in [3.05, 3.63) is 50.7 Å². The van der Waals surface area contributed by atoms with E-state index in [9.17, 15) is 27.2 Å². The van der Waals surface area contributed by atoms with Gasteiger partial charge in [-0.15, -0.1) is 11.8 Å². The van der Waals surface area contributed by atoms with Crippen molar-refractivity contribution in [2.75, 3.05) is 6.61 Å². The van der Waals surface area contributed by atoms with E-state index in [1.807, 2.05) is 0 Å². The first-order chi connectivity index (χ1) is 13.0. The molecule has 0 amide bonds. The number of rotatable bonds is 5. The van der Waals surface area contributed by atoms with Gasteiger partial charge >= 0.3 is 12.1 Å². The van der Waals surface area contributed by atoms with Crippen LogP contribution in [0.4, 0.5) is 17.6 Å². The summed E-state index contributed by atoms with van der Waals surface area (Å²) in [6.07, 6.45) is -4.30. The average molecular weight is 439 g/mol. The summed E-state index contributed by atoms with van der Waals surface area (Å²) in [5.74, 6) is -1.47. The van der Waals surface area contributed by atoms with Crippen molar-refractivity contribution >= 4 is 29.3 Å². The molecule has 0 saturated carbocycles. The van der Waals surface area contributed by atoms with E-state index in [4.69, 9.17) is 16.3 Å². The minimum atomic E-state index is -4.76. The molecule has 152 valence electrons. The van der Waals surface area contributed by atoms with Gasteiger partial charge in [-0.2, -0.15) is 23.0 Å². The van der Waals surface area contributed by atoms with Crippen LogP contribution in [0.25, 0.3) is 5.69 Å². The Hall–Kier alpha value is -2.07. The normalized spacial score (nSPS) is 12.7. The highest BCUT2D eigenvalue weighted by atomic mass is 35.5. The molecule has 0 radical (unpaired) electrons. The van der Waals surface area contributed by atoms with E-state index in [1.165, 1.54) is 0 Å². The van der Waals surface area contributed by atoms with Gasteiger partial charge in [0.25, 0.3) is 5.56 Å². The molecule has 2 rings (SSSR count). The van der Waals surface area contributed by atoms with Crippen molar-refractivity contribution in [3.8, 4) is 5.69 Å². The second-order valence-electron chi connectivity index (χ2n) is 5.64. The Morgan fingerprint density at radius 3 is 2.61 bits per heavy atom. The Labute approximate surface area is 166 Å². The lowest BCUT2D eigenvalue weighted by Crippen LogP contribution is -2.28. The van der Waals surface area contributed by atoms with Gasteiger partial charge < -0.3 is 4.74 Å². The van der Waals surface area contributed by atoms with Gasteiger partial charge in [-0.3, -0.25) is 9.59 Å². The molecule has 0 bridgehead atoms. The minimum Gasteiger partial charge on any atom is -0.465 e. The van der Waals surface area contributed by atoms with Crippen molar-refractivity contribution in [1.82, 2.24) is 9.78 Å². The summed E-state index contributed by atoms with van der Waals surface area (Å²) >= 11 is 6.96. The Kier molecular flexibility index (Phi) is 6.76. The Morgan fingerprint density at radius 2 is 2.04 bits per heavy atom. The predicted molar refractivity (Wildman–Crippen MR) is 96.5 cm³/mol. The van der Waals surface area contributed by atoms with Crippen molar-refractivity contribution in [1.29, 1.82) is 0 Å². The number of hydrogen-bond acceptors (Lipinski definition) is 5. The van der Waals surface area contributed by atoms with E-state index in [-0.39, 0.29) is 22.2 Å². The van der Waals surface area contributed by atoms with Crippen LogP contribution < -0.4 is 5.56 Å². The first kappa shape index (κ1) is 22.2. The van der Waals surface area contributed by atoms with Crippen LogP contribution in [0.15, 0.2) is 28.0 Å². The third-order valence-electron chi connectivity index (χ3n) is 3.68. The van der Waals surface area contributed by atoms with Crippen LogP contribution >= 0.6 is 23.4 Å². The molecule has 1 aromatic carbocycles. The molecule has 1 atom stereocenters. The molecule has 0 aliphatic rings. The standard InChI is InChI=1S/C17H15ClF4N2O3S/c1-4-27-16(26)9(3)28-14-6-13(12(19)5-11(14)18)24-15(25)8(2)10(7-23-24)17(20,21)22/h5-7,9H,4H2,1-3H3. The van der Waals surface area contributed by atoms with E-state index < -0.39 is 39.9 Å². The number of thioether (sulfide) groups is 1. The fraction of sp³-hybridized carbons (Fsp3) is 0.353. The fourth-order valence-electron chi connectivity index (χ4n) is 2.27. The highest BCUT2D eigenvalue weighted by molar-refractivity contribution is 8.00. The van der Waals surface area contributed by atoms with E-state index in [2.05, 4.69) is 5.10 Å². The highest BCUT2D eigenvalue weighted by Gasteiger charge is 2.34. The highest BCUT2D eigenvalue weighted by Crippen LogP contribution is 2.34. The summed E-state index contributed by atoms with van der Waals surface area (Å²) in [7, 11) is 0. The van der Waals surface area contributed by atoms with Gasteiger partial charge in [0, 0.05) is 10.5 Å². The first-order valence-electron chi connectivity index (χ1n) is 7.96. The lowest BCUT2D eigenvalue weighted by Gasteiger charge is -2.15. The summed E-state index contributed by atoms with van der Waals surface area (Å²) in [6.45, 7) is 4.35. The number of carbonyl (C=O) groups is 1. The monoisotopic (exact) mass is 438 g/mol. The van der Waals surface area contributed by atoms with Gasteiger partial charge in [0.2, 0.25) is 0 Å². The number of carbonyl (C=O) groups excluding carboxylic acids is 1. The second kappa shape index (κ2) is 8.52. The zero-order valence-electron chi connectivity index (χ0n) is 14.9. The van der Waals surface area contributed by atoms with Gasteiger partial charge in [-0.1, -0.05) is 11.6 Å². The van der Waals surface area contributed by atoms with Crippen LogP contribution in [0.2, 0.25) is 5.02 Å². The van der Waals surface area contributed by atoms with Crippen LogP contribution in [-0.4, -0.2) is 27.6 Å². The lowest BCUT2D eigenvalue weighted by atomic mass is 10.2. The molecule has 0 saturated heterocycles. The summed E-state index contributed by atoms with van der Waals surface area (Å²) in [4.78, 5) is 24.3. The fourth-order valence-corrected chi connectivity index (χ4v) is 3.45. The topological polar surface area (TPSA) is 61.2 Å². The predicted octanol–water partition coefficient (Wildman–Crippen LogP) is 4.40. The number of ether oxygens (including phenoxy) is 1. The third kappa shape index (κ3) is 4.67. The van der Waals surface area contributed by atoms with Gasteiger partial charge in [0.05, 0.1) is 23.4 Å². The molecule has 1 unspecified atom stereocenters. The molecule has 11 heteroatoms. The molecule has 5 nitrogen and oxygen atoms in total. The Bertz CT molecular complexity index is 963. The number of hydrogen-bond donors (Lipinski definition) is 0. The smallest absolute Gasteiger partial charge is 0.418 e. The molecular formula is C17H15ClF4N2O3S. The van der Waals surface area contributed by atoms with E-state index in [0.717, 1.165) is 30.8 Å². The maximum atomic E-state index is 14.4. The van der Waals surface area contributed by atoms with Crippen LogP contribution in [-0.2, 0) is 15.7 Å². The number of esters is 1. The molecule has 0 spiro atoms. The second-order valence-corrected chi connectivity index (χ2v) is 7.43. The van der Waals surface area contributed by atoms with Gasteiger partial charge in [0.1, 0.15) is 10.9 Å². The van der Waals surface area contributed by atoms with Gasteiger partial charge in [0.15, 0.2) is 5.82 Å².